The monoisotopic (exact) mass is 351 g/mol. The topological polar surface area (TPSA) is 39.1 Å². The van der Waals surface area contributed by atoms with Crippen LogP contribution in [0.15, 0.2) is 34.9 Å². The molecule has 1 atom stereocenters. The quantitative estimate of drug-likeness (QED) is 0.825. The van der Waals surface area contributed by atoms with Gasteiger partial charge in [0, 0.05) is 11.0 Å². The number of nitrogens with one attached hydrogen (secondary N) is 1. The Labute approximate surface area is 134 Å². The molecule has 2 rings (SSSR count). The maximum absolute atomic E-state index is 5.51. The van der Waals surface area contributed by atoms with Crippen LogP contribution in [0.4, 0.5) is 0 Å². The van der Waals surface area contributed by atoms with E-state index in [4.69, 9.17) is 4.74 Å². The number of aryl methyl sites for hydroxylation is 1. The third kappa shape index (κ3) is 3.66. The molecule has 5 heteroatoms. The summed E-state index contributed by atoms with van der Waals surface area (Å²) in [4.78, 5) is 0. The Morgan fingerprint density at radius 2 is 2.00 bits per heavy atom. The number of hydrogen-bond donors (Lipinski definition) is 1. The maximum atomic E-state index is 5.51. The highest BCUT2D eigenvalue weighted by atomic mass is 79.9. The normalized spacial score (nSPS) is 12.4. The van der Waals surface area contributed by atoms with E-state index in [1.54, 1.807) is 13.3 Å². The first-order valence-electron chi connectivity index (χ1n) is 7.29. The van der Waals surface area contributed by atoms with E-state index >= 15 is 0 Å². The number of halogens is 1. The van der Waals surface area contributed by atoms with E-state index < -0.39 is 0 Å². The van der Waals surface area contributed by atoms with Crippen LogP contribution in [0, 0.1) is 0 Å². The van der Waals surface area contributed by atoms with E-state index in [2.05, 4.69) is 64.5 Å². The minimum Gasteiger partial charge on any atom is -0.493 e. The molecule has 1 aromatic heterocycles. The molecule has 0 aliphatic carbocycles. The standard InChI is InChI=1S/C16H22BrN3O/c1-4-10-20-16(14(21-3)11-19-20)15(18-5-2)12-6-8-13(17)9-7-12/h6-9,11,15,18H,4-5,10H2,1-3H3. The summed E-state index contributed by atoms with van der Waals surface area (Å²) >= 11 is 3.49. The van der Waals surface area contributed by atoms with Crippen LogP contribution < -0.4 is 10.1 Å². The molecule has 0 aliphatic rings. The lowest BCUT2D eigenvalue weighted by molar-refractivity contribution is 0.398. The molecular formula is C16H22BrN3O. The number of aromatic nitrogens is 2. The van der Waals surface area contributed by atoms with Crippen LogP contribution in [0.2, 0.25) is 0 Å². The molecule has 0 spiro atoms. The summed E-state index contributed by atoms with van der Waals surface area (Å²) < 4.78 is 8.63. The van der Waals surface area contributed by atoms with Gasteiger partial charge in [0.15, 0.2) is 5.75 Å². The molecule has 0 bridgehead atoms. The average molecular weight is 352 g/mol. The highest BCUT2D eigenvalue weighted by Gasteiger charge is 2.22. The predicted molar refractivity (Wildman–Crippen MR) is 88.7 cm³/mol. The Morgan fingerprint density at radius 3 is 2.57 bits per heavy atom. The Kier molecular flexibility index (Phi) is 5.82. The Morgan fingerprint density at radius 1 is 1.29 bits per heavy atom. The lowest BCUT2D eigenvalue weighted by Crippen LogP contribution is -2.25. The van der Waals surface area contributed by atoms with Gasteiger partial charge in [-0.1, -0.05) is 41.9 Å². The zero-order chi connectivity index (χ0) is 15.2. The van der Waals surface area contributed by atoms with Gasteiger partial charge >= 0.3 is 0 Å². The smallest absolute Gasteiger partial charge is 0.161 e. The third-order valence-electron chi connectivity index (χ3n) is 3.39. The molecule has 1 N–H and O–H groups in total. The van der Waals surface area contributed by atoms with Crippen molar-refractivity contribution in [3.63, 3.8) is 0 Å². The van der Waals surface area contributed by atoms with Crippen molar-refractivity contribution < 1.29 is 4.74 Å². The first-order chi connectivity index (χ1) is 10.2. The van der Waals surface area contributed by atoms with Crippen molar-refractivity contribution in [1.29, 1.82) is 0 Å². The molecule has 0 fully saturated rings. The second-order valence-corrected chi connectivity index (χ2v) is 5.78. The van der Waals surface area contributed by atoms with Crippen molar-refractivity contribution in [2.24, 2.45) is 0 Å². The number of rotatable bonds is 7. The van der Waals surface area contributed by atoms with Crippen molar-refractivity contribution in [3.05, 3.63) is 46.2 Å². The molecular weight excluding hydrogens is 330 g/mol. The molecule has 0 saturated heterocycles. The van der Waals surface area contributed by atoms with Crippen LogP contribution >= 0.6 is 15.9 Å². The van der Waals surface area contributed by atoms with Crippen LogP contribution in [0.3, 0.4) is 0 Å². The summed E-state index contributed by atoms with van der Waals surface area (Å²) in [6.07, 6.45) is 2.84. The number of nitrogens with zero attached hydrogens (tertiary/aromatic N) is 2. The zero-order valence-electron chi connectivity index (χ0n) is 12.8. The van der Waals surface area contributed by atoms with E-state index in [0.29, 0.717) is 0 Å². The molecule has 0 aliphatic heterocycles. The first-order valence-corrected chi connectivity index (χ1v) is 8.09. The van der Waals surface area contributed by atoms with Crippen molar-refractivity contribution >= 4 is 15.9 Å². The van der Waals surface area contributed by atoms with Gasteiger partial charge in [0.05, 0.1) is 19.3 Å². The largest absolute Gasteiger partial charge is 0.493 e. The van der Waals surface area contributed by atoms with E-state index in [0.717, 1.165) is 35.4 Å². The van der Waals surface area contributed by atoms with Crippen LogP contribution in [0.5, 0.6) is 5.75 Å². The number of hydrogen-bond acceptors (Lipinski definition) is 3. The zero-order valence-corrected chi connectivity index (χ0v) is 14.4. The third-order valence-corrected chi connectivity index (χ3v) is 3.91. The van der Waals surface area contributed by atoms with Gasteiger partial charge in [-0.05, 0) is 30.7 Å². The summed E-state index contributed by atoms with van der Waals surface area (Å²) in [7, 11) is 1.70. The van der Waals surface area contributed by atoms with Gasteiger partial charge in [-0.15, -0.1) is 0 Å². The summed E-state index contributed by atoms with van der Waals surface area (Å²) in [6.45, 7) is 6.02. The predicted octanol–water partition coefficient (Wildman–Crippen LogP) is 3.76. The maximum Gasteiger partial charge on any atom is 0.161 e. The second-order valence-electron chi connectivity index (χ2n) is 4.86. The minimum atomic E-state index is 0.0760. The molecule has 114 valence electrons. The Hall–Kier alpha value is -1.33. The van der Waals surface area contributed by atoms with Crippen molar-refractivity contribution in [1.82, 2.24) is 15.1 Å². The highest BCUT2D eigenvalue weighted by Crippen LogP contribution is 2.30. The second kappa shape index (κ2) is 7.61. The number of ether oxygens (including phenoxy) is 1. The van der Waals surface area contributed by atoms with Gasteiger partial charge in [0.25, 0.3) is 0 Å². The van der Waals surface area contributed by atoms with Crippen molar-refractivity contribution in [3.8, 4) is 5.75 Å². The average Bonchev–Trinajstić information content (AvgIpc) is 2.89. The molecule has 2 aromatic rings. The minimum absolute atomic E-state index is 0.0760. The Balaban J connectivity index is 2.46. The molecule has 1 aromatic carbocycles. The lowest BCUT2D eigenvalue weighted by atomic mass is 10.0. The van der Waals surface area contributed by atoms with Gasteiger partial charge in [-0.3, -0.25) is 4.68 Å². The van der Waals surface area contributed by atoms with Crippen LogP contribution in [0.25, 0.3) is 0 Å². The fraction of sp³-hybridized carbons (Fsp3) is 0.438. The summed E-state index contributed by atoms with van der Waals surface area (Å²) in [5.74, 6) is 0.831. The fourth-order valence-electron chi connectivity index (χ4n) is 2.45. The van der Waals surface area contributed by atoms with E-state index in [1.165, 1.54) is 5.56 Å². The van der Waals surface area contributed by atoms with Crippen molar-refractivity contribution in [2.75, 3.05) is 13.7 Å². The van der Waals surface area contributed by atoms with Crippen LogP contribution in [0.1, 0.15) is 37.6 Å². The molecule has 0 saturated carbocycles. The molecule has 4 nitrogen and oxygen atoms in total. The van der Waals surface area contributed by atoms with E-state index in [1.807, 2.05) is 4.68 Å². The van der Waals surface area contributed by atoms with Crippen LogP contribution in [-0.4, -0.2) is 23.4 Å². The van der Waals surface area contributed by atoms with E-state index in [-0.39, 0.29) is 6.04 Å². The molecule has 21 heavy (non-hydrogen) atoms. The van der Waals surface area contributed by atoms with Gasteiger partial charge in [-0.2, -0.15) is 5.10 Å². The van der Waals surface area contributed by atoms with Gasteiger partial charge in [0.1, 0.15) is 5.69 Å². The lowest BCUT2D eigenvalue weighted by Gasteiger charge is -2.21. The molecule has 0 radical (unpaired) electrons. The molecule has 0 amide bonds. The SMILES string of the molecule is CCCn1ncc(OC)c1C(NCC)c1ccc(Br)cc1. The summed E-state index contributed by atoms with van der Waals surface area (Å²) in [5.41, 5.74) is 2.29. The number of methoxy groups -OCH3 is 1. The van der Waals surface area contributed by atoms with Gasteiger partial charge < -0.3 is 10.1 Å². The summed E-state index contributed by atoms with van der Waals surface area (Å²) in [6, 6.07) is 8.45. The highest BCUT2D eigenvalue weighted by molar-refractivity contribution is 9.10. The van der Waals surface area contributed by atoms with Crippen LogP contribution in [-0.2, 0) is 6.54 Å². The first kappa shape index (κ1) is 16.0. The van der Waals surface area contributed by atoms with Crippen molar-refractivity contribution in [2.45, 2.75) is 32.9 Å². The van der Waals surface area contributed by atoms with E-state index in [9.17, 15) is 0 Å². The van der Waals surface area contributed by atoms with Gasteiger partial charge in [0.2, 0.25) is 0 Å². The number of benzene rings is 1. The molecule has 1 unspecified atom stereocenters. The molecule has 1 heterocycles. The van der Waals surface area contributed by atoms with Gasteiger partial charge in [-0.25, -0.2) is 0 Å². The fourth-order valence-corrected chi connectivity index (χ4v) is 2.71. The Bertz CT molecular complexity index is 565. The summed E-state index contributed by atoms with van der Waals surface area (Å²) in [5, 5.41) is 8.00.